The quantitative estimate of drug-likeness (QED) is 0.570. The van der Waals surface area contributed by atoms with Crippen molar-refractivity contribution in [2.45, 2.75) is 31.3 Å². The second-order valence-electron chi connectivity index (χ2n) is 4.70. The van der Waals surface area contributed by atoms with Gasteiger partial charge in [0.2, 0.25) is 11.8 Å². The Kier molecular flexibility index (Phi) is 3.81. The molecule has 2 heterocycles. The largest absolute Gasteiger partial charge is 0.481 e. The van der Waals surface area contributed by atoms with E-state index in [4.69, 9.17) is 5.11 Å². The van der Waals surface area contributed by atoms with Gasteiger partial charge in [-0.2, -0.15) is 0 Å². The molecule has 3 N–H and O–H groups in total. The Labute approximate surface area is 105 Å². The highest BCUT2D eigenvalue weighted by Gasteiger charge is 2.34. The summed E-state index contributed by atoms with van der Waals surface area (Å²) in [6, 6.07) is -0.603. The average Bonchev–Trinajstić information content (AvgIpc) is 2.69. The summed E-state index contributed by atoms with van der Waals surface area (Å²) in [4.78, 5) is 35.4. The molecule has 2 amide bonds. The maximum absolute atomic E-state index is 11.7. The van der Waals surface area contributed by atoms with Gasteiger partial charge in [-0.15, -0.1) is 0 Å². The van der Waals surface area contributed by atoms with Crippen LogP contribution >= 0.6 is 0 Å². The van der Waals surface area contributed by atoms with Crippen molar-refractivity contribution in [2.75, 3.05) is 19.6 Å². The van der Waals surface area contributed by atoms with Crippen LogP contribution in [0.4, 0.5) is 0 Å². The molecule has 0 aromatic heterocycles. The second-order valence-corrected chi connectivity index (χ2v) is 4.70. The van der Waals surface area contributed by atoms with Crippen molar-refractivity contribution in [1.29, 1.82) is 0 Å². The van der Waals surface area contributed by atoms with E-state index in [0.717, 1.165) is 6.42 Å². The van der Waals surface area contributed by atoms with E-state index in [9.17, 15) is 14.4 Å². The number of carboxylic acids is 1. The molecule has 2 atom stereocenters. The molecular formula is C11H17N3O4. The Morgan fingerprint density at radius 1 is 1.44 bits per heavy atom. The number of piperazine rings is 1. The van der Waals surface area contributed by atoms with Crippen molar-refractivity contribution in [3.8, 4) is 0 Å². The Morgan fingerprint density at radius 3 is 2.83 bits per heavy atom. The van der Waals surface area contributed by atoms with E-state index in [1.807, 2.05) is 4.90 Å². The summed E-state index contributed by atoms with van der Waals surface area (Å²) in [6.45, 7) is 1.68. The van der Waals surface area contributed by atoms with Gasteiger partial charge in [0.15, 0.2) is 0 Å². The minimum absolute atomic E-state index is 0.0243. The van der Waals surface area contributed by atoms with Gasteiger partial charge in [-0.05, 0) is 6.42 Å². The van der Waals surface area contributed by atoms with Gasteiger partial charge < -0.3 is 15.7 Å². The highest BCUT2D eigenvalue weighted by molar-refractivity contribution is 5.86. The zero-order valence-electron chi connectivity index (χ0n) is 10.0. The molecule has 0 saturated carbocycles. The van der Waals surface area contributed by atoms with Gasteiger partial charge in [0.05, 0.1) is 12.5 Å². The summed E-state index contributed by atoms with van der Waals surface area (Å²) in [5, 5.41) is 14.3. The molecule has 7 heteroatoms. The number of hydrogen-bond donors (Lipinski definition) is 3. The van der Waals surface area contributed by atoms with Crippen molar-refractivity contribution in [3.63, 3.8) is 0 Å². The summed E-state index contributed by atoms with van der Waals surface area (Å²) < 4.78 is 0. The van der Waals surface area contributed by atoms with Crippen molar-refractivity contribution in [1.82, 2.24) is 15.5 Å². The predicted octanol–water partition coefficient (Wildman–Crippen LogP) is -1.46. The Hall–Kier alpha value is -1.63. The number of carbonyl (C=O) groups excluding carboxylic acids is 2. The van der Waals surface area contributed by atoms with Gasteiger partial charge in [-0.25, -0.2) is 0 Å². The number of nitrogens with one attached hydrogen (secondary N) is 2. The minimum Gasteiger partial charge on any atom is -0.481 e. The minimum atomic E-state index is -0.988. The molecule has 100 valence electrons. The lowest BCUT2D eigenvalue weighted by atomic mass is 10.1. The van der Waals surface area contributed by atoms with Crippen LogP contribution in [0.1, 0.15) is 19.3 Å². The van der Waals surface area contributed by atoms with Crippen LogP contribution in [0, 0.1) is 0 Å². The fourth-order valence-electron chi connectivity index (χ4n) is 2.47. The topological polar surface area (TPSA) is 98.7 Å². The van der Waals surface area contributed by atoms with Crippen LogP contribution in [0.25, 0.3) is 0 Å². The molecule has 18 heavy (non-hydrogen) atoms. The van der Waals surface area contributed by atoms with Gasteiger partial charge >= 0.3 is 5.97 Å². The predicted molar refractivity (Wildman–Crippen MR) is 61.8 cm³/mol. The van der Waals surface area contributed by atoms with Gasteiger partial charge in [0.25, 0.3) is 0 Å². The standard InChI is InChI=1S/C11H17N3O4/c15-9-2-1-7(13-9)6-14-4-3-12-11(18)8(14)5-10(16)17/h7-8H,1-6H2,(H,12,18)(H,13,15)(H,16,17). The summed E-state index contributed by atoms with van der Waals surface area (Å²) in [7, 11) is 0. The molecule has 0 radical (unpaired) electrons. The highest BCUT2D eigenvalue weighted by atomic mass is 16.4. The fourth-order valence-corrected chi connectivity index (χ4v) is 2.47. The van der Waals surface area contributed by atoms with E-state index in [2.05, 4.69) is 10.6 Å². The first kappa shape index (κ1) is 12.8. The molecule has 2 aliphatic rings. The first-order valence-corrected chi connectivity index (χ1v) is 6.09. The lowest BCUT2D eigenvalue weighted by Gasteiger charge is -2.35. The highest BCUT2D eigenvalue weighted by Crippen LogP contribution is 2.14. The molecule has 0 aliphatic carbocycles. The molecule has 0 aromatic carbocycles. The number of amides is 2. The van der Waals surface area contributed by atoms with E-state index in [0.29, 0.717) is 26.1 Å². The zero-order valence-corrected chi connectivity index (χ0v) is 10.0. The van der Waals surface area contributed by atoms with Crippen LogP contribution < -0.4 is 10.6 Å². The number of carboxylic acid groups (broad SMARTS) is 1. The molecule has 2 aliphatic heterocycles. The number of hydrogen-bond acceptors (Lipinski definition) is 4. The summed E-state index contributed by atoms with van der Waals surface area (Å²) in [5.41, 5.74) is 0. The maximum atomic E-state index is 11.7. The molecule has 2 rings (SSSR count). The third-order valence-corrected chi connectivity index (χ3v) is 3.35. The molecule has 2 saturated heterocycles. The van der Waals surface area contributed by atoms with Gasteiger partial charge in [-0.3, -0.25) is 19.3 Å². The first-order chi connectivity index (χ1) is 8.56. The molecular weight excluding hydrogens is 238 g/mol. The lowest BCUT2D eigenvalue weighted by molar-refractivity contribution is -0.143. The van der Waals surface area contributed by atoms with E-state index >= 15 is 0 Å². The number of aliphatic carboxylic acids is 1. The number of rotatable bonds is 4. The first-order valence-electron chi connectivity index (χ1n) is 6.09. The van der Waals surface area contributed by atoms with Gasteiger partial charge in [-0.1, -0.05) is 0 Å². The smallest absolute Gasteiger partial charge is 0.305 e. The van der Waals surface area contributed by atoms with E-state index < -0.39 is 12.0 Å². The third-order valence-electron chi connectivity index (χ3n) is 3.35. The summed E-state index contributed by atoms with van der Waals surface area (Å²) in [5.74, 6) is -1.21. The van der Waals surface area contributed by atoms with Crippen LogP contribution in [0.3, 0.4) is 0 Å². The SMILES string of the molecule is O=C(O)CC1C(=O)NCCN1CC1CCC(=O)N1. The zero-order chi connectivity index (χ0) is 13.1. The average molecular weight is 255 g/mol. The molecule has 2 fully saturated rings. The fraction of sp³-hybridized carbons (Fsp3) is 0.727. The maximum Gasteiger partial charge on any atom is 0.305 e. The number of carbonyl (C=O) groups is 3. The molecule has 7 nitrogen and oxygen atoms in total. The Balaban J connectivity index is 1.96. The summed E-state index contributed by atoms with van der Waals surface area (Å²) >= 11 is 0. The van der Waals surface area contributed by atoms with Crippen molar-refractivity contribution in [2.24, 2.45) is 0 Å². The summed E-state index contributed by atoms with van der Waals surface area (Å²) in [6.07, 6.45) is 1.05. The van der Waals surface area contributed by atoms with Crippen LogP contribution in [0.15, 0.2) is 0 Å². The Morgan fingerprint density at radius 2 is 2.22 bits per heavy atom. The van der Waals surface area contributed by atoms with Gasteiger partial charge in [0.1, 0.15) is 0 Å². The monoisotopic (exact) mass is 255 g/mol. The third kappa shape index (κ3) is 2.98. The number of nitrogens with zero attached hydrogens (tertiary/aromatic N) is 1. The van der Waals surface area contributed by atoms with Crippen LogP contribution in [0.2, 0.25) is 0 Å². The van der Waals surface area contributed by atoms with Crippen LogP contribution in [-0.4, -0.2) is 59.5 Å². The van der Waals surface area contributed by atoms with Gasteiger partial charge in [0, 0.05) is 32.1 Å². The lowest BCUT2D eigenvalue weighted by Crippen LogP contribution is -2.58. The van der Waals surface area contributed by atoms with Crippen molar-refractivity contribution in [3.05, 3.63) is 0 Å². The van der Waals surface area contributed by atoms with E-state index in [1.54, 1.807) is 0 Å². The molecule has 2 unspecified atom stereocenters. The normalized spacial score (nSPS) is 28.9. The van der Waals surface area contributed by atoms with E-state index in [1.165, 1.54) is 0 Å². The molecule has 0 spiro atoms. The van der Waals surface area contributed by atoms with Crippen molar-refractivity contribution < 1.29 is 19.5 Å². The molecule has 0 aromatic rings. The molecule has 0 bridgehead atoms. The second kappa shape index (κ2) is 5.34. The Bertz CT molecular complexity index is 371. The van der Waals surface area contributed by atoms with E-state index in [-0.39, 0.29) is 24.3 Å². The van der Waals surface area contributed by atoms with Crippen molar-refractivity contribution >= 4 is 17.8 Å². The van der Waals surface area contributed by atoms with Crippen LogP contribution in [0.5, 0.6) is 0 Å². The van der Waals surface area contributed by atoms with Crippen LogP contribution in [-0.2, 0) is 14.4 Å².